The molecule has 0 spiro atoms. The zero-order valence-corrected chi connectivity index (χ0v) is 11.4. The van der Waals surface area contributed by atoms with Crippen LogP contribution in [0.15, 0.2) is 6.07 Å². The first kappa shape index (κ1) is 11.7. The maximum atomic E-state index is 2.49. The number of hydrogen-bond acceptors (Lipinski definition) is 1. The summed E-state index contributed by atoms with van der Waals surface area (Å²) in [4.78, 5) is 2.49. The van der Waals surface area contributed by atoms with Crippen LogP contribution in [0, 0.1) is 20.8 Å². The molecule has 0 aromatic heterocycles. The molecule has 2 rings (SSSR count). The molecule has 0 saturated carbocycles. The molecule has 0 amide bonds. The second-order valence-electron chi connectivity index (χ2n) is 5.41. The van der Waals surface area contributed by atoms with E-state index in [1.54, 1.807) is 11.1 Å². The topological polar surface area (TPSA) is 3.24 Å². The molecule has 0 fully saturated rings. The lowest BCUT2D eigenvalue weighted by molar-refractivity contribution is 0.179. The van der Waals surface area contributed by atoms with E-state index in [0.29, 0.717) is 12.1 Å². The number of fused-ring (bicyclic) bond motifs is 1. The van der Waals surface area contributed by atoms with Gasteiger partial charge in [0.1, 0.15) is 0 Å². The minimum absolute atomic E-state index is 0.554. The smallest absolute Gasteiger partial charge is 0.0325 e. The van der Waals surface area contributed by atoms with Gasteiger partial charge in [0.05, 0.1) is 0 Å². The van der Waals surface area contributed by atoms with Crippen molar-refractivity contribution in [2.75, 3.05) is 7.05 Å². The van der Waals surface area contributed by atoms with E-state index in [2.05, 4.69) is 52.6 Å². The van der Waals surface area contributed by atoms with Crippen LogP contribution in [0.3, 0.4) is 0 Å². The molecule has 0 saturated heterocycles. The third-order valence-electron chi connectivity index (χ3n) is 4.53. The molecule has 0 bridgehead atoms. The maximum absolute atomic E-state index is 2.49. The Kier molecular flexibility index (Phi) is 2.83. The van der Waals surface area contributed by atoms with Gasteiger partial charge >= 0.3 is 0 Å². The highest BCUT2D eigenvalue weighted by molar-refractivity contribution is 5.47. The van der Waals surface area contributed by atoms with Crippen molar-refractivity contribution in [3.05, 3.63) is 33.9 Å². The molecule has 1 aliphatic rings. The zero-order valence-electron chi connectivity index (χ0n) is 11.4. The van der Waals surface area contributed by atoms with Crippen LogP contribution in [0.25, 0.3) is 0 Å². The minimum atomic E-state index is 0.554. The summed E-state index contributed by atoms with van der Waals surface area (Å²) < 4.78 is 0. The number of likely N-dealkylation sites (N-methyl/N-ethyl adjacent to an activating group) is 1. The minimum Gasteiger partial charge on any atom is -0.297 e. The van der Waals surface area contributed by atoms with E-state index >= 15 is 0 Å². The molecule has 1 heterocycles. The first-order chi connectivity index (χ1) is 7.43. The van der Waals surface area contributed by atoms with Crippen molar-refractivity contribution in [3.63, 3.8) is 0 Å². The van der Waals surface area contributed by atoms with E-state index < -0.39 is 0 Å². The normalized spacial score (nSPS) is 25.6. The van der Waals surface area contributed by atoms with Crippen LogP contribution in [-0.2, 0) is 6.42 Å². The molecular weight excluding hydrogens is 194 g/mol. The first-order valence-corrected chi connectivity index (χ1v) is 6.25. The second kappa shape index (κ2) is 3.89. The van der Waals surface area contributed by atoms with Crippen molar-refractivity contribution in [1.82, 2.24) is 4.90 Å². The van der Waals surface area contributed by atoms with E-state index in [1.165, 1.54) is 23.1 Å². The highest BCUT2D eigenvalue weighted by Crippen LogP contribution is 2.36. The maximum Gasteiger partial charge on any atom is 0.0325 e. The molecular formula is C15H23N. The Labute approximate surface area is 99.5 Å². The summed E-state index contributed by atoms with van der Waals surface area (Å²) in [5, 5.41) is 0. The summed E-state index contributed by atoms with van der Waals surface area (Å²) in [6.45, 7) is 11.4. The number of benzene rings is 1. The molecule has 1 heteroatoms. The first-order valence-electron chi connectivity index (χ1n) is 6.25. The van der Waals surface area contributed by atoms with Crippen molar-refractivity contribution in [1.29, 1.82) is 0 Å². The highest BCUT2D eigenvalue weighted by atomic mass is 15.2. The Morgan fingerprint density at radius 2 is 1.75 bits per heavy atom. The van der Waals surface area contributed by atoms with Crippen molar-refractivity contribution < 1.29 is 0 Å². The molecule has 1 nitrogen and oxygen atoms in total. The van der Waals surface area contributed by atoms with Gasteiger partial charge in [0.2, 0.25) is 0 Å². The Morgan fingerprint density at radius 1 is 1.12 bits per heavy atom. The molecule has 1 aliphatic heterocycles. The van der Waals surface area contributed by atoms with E-state index in [9.17, 15) is 0 Å². The molecule has 2 atom stereocenters. The van der Waals surface area contributed by atoms with Crippen molar-refractivity contribution in [3.8, 4) is 0 Å². The molecule has 0 N–H and O–H groups in total. The monoisotopic (exact) mass is 217 g/mol. The highest BCUT2D eigenvalue weighted by Gasteiger charge is 2.28. The van der Waals surface area contributed by atoms with Gasteiger partial charge in [-0.2, -0.15) is 0 Å². The lowest BCUT2D eigenvalue weighted by Crippen LogP contribution is -2.38. The number of hydrogen-bond donors (Lipinski definition) is 0. The lowest BCUT2D eigenvalue weighted by atomic mass is 9.83. The zero-order chi connectivity index (χ0) is 12.0. The van der Waals surface area contributed by atoms with E-state index in [-0.39, 0.29) is 0 Å². The van der Waals surface area contributed by atoms with Gasteiger partial charge in [-0.05, 0) is 75.9 Å². The van der Waals surface area contributed by atoms with Crippen LogP contribution >= 0.6 is 0 Å². The number of nitrogens with zero attached hydrogens (tertiary/aromatic N) is 1. The fraction of sp³-hybridized carbons (Fsp3) is 0.600. The Balaban J connectivity index is 2.62. The second-order valence-corrected chi connectivity index (χ2v) is 5.41. The SMILES string of the molecule is Cc1cc2c(c(C)c1C)C(C)N(C)C(C)C2. The Hall–Kier alpha value is -0.820. The largest absolute Gasteiger partial charge is 0.297 e. The van der Waals surface area contributed by atoms with Gasteiger partial charge in [-0.3, -0.25) is 4.90 Å². The third kappa shape index (κ3) is 1.58. The Morgan fingerprint density at radius 3 is 2.38 bits per heavy atom. The van der Waals surface area contributed by atoms with Gasteiger partial charge in [0.15, 0.2) is 0 Å². The van der Waals surface area contributed by atoms with E-state index in [0.717, 1.165) is 0 Å². The summed E-state index contributed by atoms with van der Waals surface area (Å²) in [7, 11) is 2.24. The van der Waals surface area contributed by atoms with Crippen LogP contribution in [0.4, 0.5) is 0 Å². The third-order valence-corrected chi connectivity index (χ3v) is 4.53. The summed E-state index contributed by atoms with van der Waals surface area (Å²) in [6.07, 6.45) is 1.19. The van der Waals surface area contributed by atoms with Gasteiger partial charge in [-0.25, -0.2) is 0 Å². The molecule has 2 unspecified atom stereocenters. The predicted molar refractivity (Wildman–Crippen MR) is 70.0 cm³/mol. The van der Waals surface area contributed by atoms with Crippen LogP contribution in [0.1, 0.15) is 47.7 Å². The fourth-order valence-corrected chi connectivity index (χ4v) is 2.98. The van der Waals surface area contributed by atoms with Crippen LogP contribution in [-0.4, -0.2) is 18.0 Å². The van der Waals surface area contributed by atoms with E-state index in [1.807, 2.05) is 0 Å². The summed E-state index contributed by atoms with van der Waals surface area (Å²) in [5.74, 6) is 0. The van der Waals surface area contributed by atoms with Crippen molar-refractivity contribution in [2.24, 2.45) is 0 Å². The average molecular weight is 217 g/mol. The quantitative estimate of drug-likeness (QED) is 0.642. The van der Waals surface area contributed by atoms with E-state index in [4.69, 9.17) is 0 Å². The average Bonchev–Trinajstić information content (AvgIpc) is 2.23. The molecule has 88 valence electrons. The van der Waals surface area contributed by atoms with Crippen LogP contribution < -0.4 is 0 Å². The standard InChI is InChI=1S/C15H23N/c1-9-7-14-8-10(2)16(6)13(5)15(14)12(4)11(9)3/h7,10,13H,8H2,1-6H3. The van der Waals surface area contributed by atoms with Crippen LogP contribution in [0.2, 0.25) is 0 Å². The van der Waals surface area contributed by atoms with Gasteiger partial charge in [0.25, 0.3) is 0 Å². The summed E-state index contributed by atoms with van der Waals surface area (Å²) >= 11 is 0. The summed E-state index contributed by atoms with van der Waals surface area (Å²) in [6, 6.07) is 3.61. The molecule has 1 aromatic rings. The Bertz CT molecular complexity index is 420. The molecule has 0 aliphatic carbocycles. The van der Waals surface area contributed by atoms with Gasteiger partial charge in [-0.15, -0.1) is 0 Å². The summed E-state index contributed by atoms with van der Waals surface area (Å²) in [5.41, 5.74) is 7.55. The van der Waals surface area contributed by atoms with Gasteiger partial charge in [-0.1, -0.05) is 6.07 Å². The number of aryl methyl sites for hydroxylation is 1. The van der Waals surface area contributed by atoms with Gasteiger partial charge < -0.3 is 0 Å². The number of rotatable bonds is 0. The molecule has 0 radical (unpaired) electrons. The fourth-order valence-electron chi connectivity index (χ4n) is 2.98. The molecule has 16 heavy (non-hydrogen) atoms. The predicted octanol–water partition coefficient (Wildman–Crippen LogP) is 3.55. The van der Waals surface area contributed by atoms with Gasteiger partial charge in [0, 0.05) is 12.1 Å². The molecule has 1 aromatic carbocycles. The van der Waals surface area contributed by atoms with Crippen molar-refractivity contribution in [2.45, 2.75) is 53.1 Å². The van der Waals surface area contributed by atoms with Crippen molar-refractivity contribution >= 4 is 0 Å². The lowest BCUT2D eigenvalue weighted by Gasteiger charge is -2.39. The van der Waals surface area contributed by atoms with Crippen LogP contribution in [0.5, 0.6) is 0 Å².